The normalized spacial score (nSPS) is 11.8. The maximum absolute atomic E-state index is 14.3. The topological polar surface area (TPSA) is 96.0 Å². The van der Waals surface area contributed by atoms with E-state index < -0.39 is 28.5 Å². The van der Waals surface area contributed by atoms with Gasteiger partial charge in [-0.1, -0.05) is 78.3 Å². The molecule has 0 heterocycles. The fourth-order valence-corrected chi connectivity index (χ4v) is 6.18. The number of carbonyl (C=O) groups excluding carboxylic acids is 2. The van der Waals surface area contributed by atoms with Crippen LogP contribution in [0.25, 0.3) is 0 Å². The minimum absolute atomic E-state index is 0.0178. The Balaban J connectivity index is 1.79. The second-order valence-corrected chi connectivity index (χ2v) is 11.8. The second-order valence-electron chi connectivity index (χ2n) is 9.50. The lowest BCUT2D eigenvalue weighted by atomic mass is 10.0. The van der Waals surface area contributed by atoms with Crippen LogP contribution < -0.4 is 14.4 Å². The summed E-state index contributed by atoms with van der Waals surface area (Å²) in [5.41, 5.74) is 1.78. The van der Waals surface area contributed by atoms with Gasteiger partial charge < -0.3 is 15.0 Å². The molecule has 0 unspecified atom stereocenters. The largest absolute Gasteiger partial charge is 0.497 e. The summed E-state index contributed by atoms with van der Waals surface area (Å²) in [6.45, 7) is -0.528. The Labute approximate surface area is 251 Å². The first-order chi connectivity index (χ1) is 20.2. The third-order valence-corrected chi connectivity index (χ3v) is 8.73. The SMILES string of the molecule is CNC(=O)[C@H](Cc1ccccc1)N(Cc1cccc(OC)c1)C(=O)CN(c1cccc(Cl)c1)S(=O)(=O)c1ccccc1. The molecule has 10 heteroatoms. The van der Waals surface area contributed by atoms with E-state index in [0.717, 1.165) is 9.87 Å². The van der Waals surface area contributed by atoms with E-state index in [0.29, 0.717) is 16.3 Å². The first kappa shape index (κ1) is 30.6. The van der Waals surface area contributed by atoms with Gasteiger partial charge in [-0.05, 0) is 53.6 Å². The van der Waals surface area contributed by atoms with E-state index in [9.17, 15) is 18.0 Å². The van der Waals surface area contributed by atoms with E-state index in [4.69, 9.17) is 16.3 Å². The van der Waals surface area contributed by atoms with Crippen LogP contribution in [0, 0.1) is 0 Å². The van der Waals surface area contributed by atoms with Crippen molar-refractivity contribution in [2.75, 3.05) is 25.0 Å². The predicted molar refractivity (Wildman–Crippen MR) is 164 cm³/mol. The van der Waals surface area contributed by atoms with Gasteiger partial charge in [-0.3, -0.25) is 13.9 Å². The van der Waals surface area contributed by atoms with E-state index in [2.05, 4.69) is 5.32 Å². The third-order valence-electron chi connectivity index (χ3n) is 6.71. The summed E-state index contributed by atoms with van der Waals surface area (Å²) in [7, 11) is -1.14. The molecule has 2 amide bonds. The number of sulfonamides is 1. The standard InChI is InChI=1S/C32H32ClN3O5S/c1-34-32(38)30(20-24-11-5-3-6-12-24)35(22-25-13-9-16-28(19-25)41-2)31(37)23-36(27-15-10-14-26(33)21-27)42(39,40)29-17-7-4-8-18-29/h3-19,21,30H,20,22-23H2,1-2H3,(H,34,38)/t30-/m0/s1. The lowest BCUT2D eigenvalue weighted by Crippen LogP contribution is -2.53. The number of likely N-dealkylation sites (N-methyl/N-ethyl adjacent to an activating group) is 1. The van der Waals surface area contributed by atoms with Gasteiger partial charge >= 0.3 is 0 Å². The van der Waals surface area contributed by atoms with Gasteiger partial charge in [0.2, 0.25) is 11.8 Å². The number of halogens is 1. The molecule has 4 rings (SSSR count). The van der Waals surface area contributed by atoms with Crippen LogP contribution in [0.5, 0.6) is 5.75 Å². The van der Waals surface area contributed by atoms with Gasteiger partial charge in [-0.15, -0.1) is 0 Å². The van der Waals surface area contributed by atoms with Gasteiger partial charge in [0.1, 0.15) is 18.3 Å². The molecule has 0 aliphatic heterocycles. The van der Waals surface area contributed by atoms with Gasteiger partial charge in [0, 0.05) is 25.0 Å². The van der Waals surface area contributed by atoms with Crippen LogP contribution in [-0.4, -0.2) is 51.9 Å². The molecule has 0 radical (unpaired) electrons. The van der Waals surface area contributed by atoms with Crippen molar-refractivity contribution in [2.24, 2.45) is 0 Å². The molecular weight excluding hydrogens is 574 g/mol. The maximum atomic E-state index is 14.3. The Kier molecular flexibility index (Phi) is 10.2. The van der Waals surface area contributed by atoms with E-state index in [1.807, 2.05) is 36.4 Å². The molecule has 0 fully saturated rings. The number of ether oxygens (including phenoxy) is 1. The molecule has 0 aliphatic rings. The molecule has 0 spiro atoms. The average Bonchev–Trinajstić information content (AvgIpc) is 3.02. The zero-order valence-electron chi connectivity index (χ0n) is 23.3. The van der Waals surface area contributed by atoms with Gasteiger partial charge in [0.05, 0.1) is 17.7 Å². The zero-order valence-corrected chi connectivity index (χ0v) is 24.9. The Bertz CT molecular complexity index is 1620. The number of nitrogens with zero attached hydrogens (tertiary/aromatic N) is 2. The number of rotatable bonds is 12. The summed E-state index contributed by atoms with van der Waals surface area (Å²) >= 11 is 6.24. The summed E-state index contributed by atoms with van der Waals surface area (Å²) in [5, 5.41) is 2.98. The molecule has 0 bridgehead atoms. The minimum Gasteiger partial charge on any atom is -0.497 e. The first-order valence-corrected chi connectivity index (χ1v) is 15.1. The Hall–Kier alpha value is -4.34. The highest BCUT2D eigenvalue weighted by Crippen LogP contribution is 2.27. The van der Waals surface area contributed by atoms with E-state index in [1.54, 1.807) is 61.7 Å². The lowest BCUT2D eigenvalue weighted by Gasteiger charge is -2.33. The number of anilines is 1. The fraction of sp³-hybridized carbons (Fsp3) is 0.188. The number of methoxy groups -OCH3 is 1. The van der Waals surface area contributed by atoms with Crippen LogP contribution in [0.4, 0.5) is 5.69 Å². The summed E-state index contributed by atoms with van der Waals surface area (Å²) < 4.78 is 34.2. The van der Waals surface area contributed by atoms with Crippen molar-refractivity contribution in [2.45, 2.75) is 23.9 Å². The predicted octanol–water partition coefficient (Wildman–Crippen LogP) is 4.93. The van der Waals surface area contributed by atoms with Gasteiger partial charge in [-0.2, -0.15) is 0 Å². The van der Waals surface area contributed by atoms with Crippen molar-refractivity contribution >= 4 is 39.1 Å². The molecule has 1 atom stereocenters. The quantitative estimate of drug-likeness (QED) is 0.247. The number of amides is 2. The summed E-state index contributed by atoms with van der Waals surface area (Å²) in [4.78, 5) is 29.0. The smallest absolute Gasteiger partial charge is 0.264 e. The fourth-order valence-electron chi connectivity index (χ4n) is 4.57. The summed E-state index contributed by atoms with van der Waals surface area (Å²) in [6, 6.07) is 29.8. The van der Waals surface area contributed by atoms with Gasteiger partial charge in [-0.25, -0.2) is 8.42 Å². The van der Waals surface area contributed by atoms with Crippen molar-refractivity contribution in [1.29, 1.82) is 0 Å². The summed E-state index contributed by atoms with van der Waals surface area (Å²) in [6.07, 6.45) is 0.221. The molecule has 4 aromatic carbocycles. The molecule has 4 aromatic rings. The Morgan fingerprint density at radius 1 is 0.857 bits per heavy atom. The van der Waals surface area contributed by atoms with Crippen LogP contribution in [0.3, 0.4) is 0 Å². The minimum atomic E-state index is -4.19. The maximum Gasteiger partial charge on any atom is 0.264 e. The highest BCUT2D eigenvalue weighted by molar-refractivity contribution is 7.92. The molecule has 0 aromatic heterocycles. The van der Waals surface area contributed by atoms with Crippen molar-refractivity contribution in [3.63, 3.8) is 0 Å². The second kappa shape index (κ2) is 14.0. The van der Waals surface area contributed by atoms with E-state index >= 15 is 0 Å². The van der Waals surface area contributed by atoms with Crippen LogP contribution >= 0.6 is 11.6 Å². The Morgan fingerprint density at radius 3 is 2.14 bits per heavy atom. The van der Waals surface area contributed by atoms with Crippen molar-refractivity contribution in [1.82, 2.24) is 10.2 Å². The number of hydrogen-bond donors (Lipinski definition) is 1. The van der Waals surface area contributed by atoms with Crippen molar-refractivity contribution < 1.29 is 22.7 Å². The highest BCUT2D eigenvalue weighted by Gasteiger charge is 2.34. The van der Waals surface area contributed by atoms with Crippen LogP contribution in [-0.2, 0) is 32.6 Å². The van der Waals surface area contributed by atoms with Crippen molar-refractivity contribution in [3.05, 3.63) is 125 Å². The van der Waals surface area contributed by atoms with Crippen molar-refractivity contribution in [3.8, 4) is 5.75 Å². The molecule has 0 aliphatic carbocycles. The number of nitrogens with one attached hydrogen (secondary N) is 1. The van der Waals surface area contributed by atoms with Crippen LogP contribution in [0.15, 0.2) is 114 Å². The third kappa shape index (κ3) is 7.48. The molecule has 218 valence electrons. The number of hydrogen-bond acceptors (Lipinski definition) is 5. The van der Waals surface area contributed by atoms with E-state index in [-0.39, 0.29) is 29.5 Å². The molecule has 1 N–H and O–H groups in total. The number of benzene rings is 4. The molecule has 0 saturated heterocycles. The van der Waals surface area contributed by atoms with Crippen LogP contribution in [0.1, 0.15) is 11.1 Å². The number of carbonyl (C=O) groups is 2. The molecule has 8 nitrogen and oxygen atoms in total. The van der Waals surface area contributed by atoms with Gasteiger partial charge in [0.15, 0.2) is 0 Å². The van der Waals surface area contributed by atoms with E-state index in [1.165, 1.54) is 30.1 Å². The highest BCUT2D eigenvalue weighted by atomic mass is 35.5. The average molecular weight is 606 g/mol. The zero-order chi connectivity index (χ0) is 30.1. The molecule has 42 heavy (non-hydrogen) atoms. The van der Waals surface area contributed by atoms with Crippen LogP contribution in [0.2, 0.25) is 5.02 Å². The first-order valence-electron chi connectivity index (χ1n) is 13.2. The summed E-state index contributed by atoms with van der Waals surface area (Å²) in [5.74, 6) is -0.358. The van der Waals surface area contributed by atoms with Gasteiger partial charge in [0.25, 0.3) is 10.0 Å². The monoisotopic (exact) mass is 605 g/mol. The molecule has 0 saturated carbocycles. The molecular formula is C32H32ClN3O5S. The lowest BCUT2D eigenvalue weighted by molar-refractivity contribution is -0.139. The Morgan fingerprint density at radius 2 is 1.50 bits per heavy atom.